The predicted molar refractivity (Wildman–Crippen MR) is 48.4 cm³/mol. The molecule has 2 rings (SSSR count). The fourth-order valence-corrected chi connectivity index (χ4v) is 1.40. The standard InChI is InChI=1S/C10H6F3NO/c11-10(12,13)8-4-6(15)5-9-7(8)2-1-3-14-9/h1-5,15H. The second-order valence-corrected chi connectivity index (χ2v) is 3.06. The Morgan fingerprint density at radius 1 is 1.20 bits per heavy atom. The number of alkyl halides is 3. The minimum atomic E-state index is -4.49. The molecule has 15 heavy (non-hydrogen) atoms. The summed E-state index contributed by atoms with van der Waals surface area (Å²) in [5.74, 6) is -0.437. The summed E-state index contributed by atoms with van der Waals surface area (Å²) in [6, 6.07) is 4.65. The van der Waals surface area contributed by atoms with Crippen LogP contribution in [0.25, 0.3) is 10.9 Å². The highest BCUT2D eigenvalue weighted by Gasteiger charge is 2.33. The van der Waals surface area contributed by atoms with Crippen molar-refractivity contribution in [3.8, 4) is 5.75 Å². The second kappa shape index (κ2) is 3.12. The van der Waals surface area contributed by atoms with Gasteiger partial charge >= 0.3 is 6.18 Å². The molecule has 1 aromatic heterocycles. The molecule has 0 atom stereocenters. The molecule has 0 bridgehead atoms. The lowest BCUT2D eigenvalue weighted by Crippen LogP contribution is -2.05. The van der Waals surface area contributed by atoms with E-state index in [1.807, 2.05) is 0 Å². The van der Waals surface area contributed by atoms with Crippen LogP contribution in [-0.2, 0) is 6.18 Å². The Morgan fingerprint density at radius 3 is 2.60 bits per heavy atom. The molecule has 0 fully saturated rings. The van der Waals surface area contributed by atoms with E-state index in [2.05, 4.69) is 4.98 Å². The number of nitrogens with zero attached hydrogens (tertiary/aromatic N) is 1. The molecular weight excluding hydrogens is 207 g/mol. The van der Waals surface area contributed by atoms with Crippen molar-refractivity contribution < 1.29 is 18.3 Å². The van der Waals surface area contributed by atoms with E-state index in [9.17, 15) is 13.2 Å². The van der Waals surface area contributed by atoms with Gasteiger partial charge in [-0.3, -0.25) is 4.98 Å². The molecule has 0 spiro atoms. The van der Waals surface area contributed by atoms with Gasteiger partial charge in [-0.15, -0.1) is 0 Å². The van der Waals surface area contributed by atoms with Gasteiger partial charge in [0.15, 0.2) is 0 Å². The number of benzene rings is 1. The Hall–Kier alpha value is -1.78. The molecule has 0 saturated heterocycles. The molecule has 0 amide bonds. The van der Waals surface area contributed by atoms with Crippen molar-refractivity contribution in [1.82, 2.24) is 4.98 Å². The quantitative estimate of drug-likeness (QED) is 0.729. The first-order valence-corrected chi connectivity index (χ1v) is 4.13. The maximum Gasteiger partial charge on any atom is 0.417 e. The Morgan fingerprint density at radius 2 is 1.93 bits per heavy atom. The van der Waals surface area contributed by atoms with Gasteiger partial charge < -0.3 is 5.11 Å². The van der Waals surface area contributed by atoms with Crippen LogP contribution in [0.2, 0.25) is 0 Å². The zero-order valence-electron chi connectivity index (χ0n) is 7.42. The highest BCUT2D eigenvalue weighted by molar-refractivity contribution is 5.84. The highest BCUT2D eigenvalue weighted by atomic mass is 19.4. The van der Waals surface area contributed by atoms with E-state index in [-0.39, 0.29) is 10.9 Å². The van der Waals surface area contributed by atoms with Gasteiger partial charge in [-0.05, 0) is 12.1 Å². The maximum atomic E-state index is 12.6. The smallest absolute Gasteiger partial charge is 0.417 e. The molecule has 78 valence electrons. The first kappa shape index (κ1) is 9.76. The lowest BCUT2D eigenvalue weighted by Gasteiger charge is -2.10. The molecule has 2 nitrogen and oxygen atoms in total. The summed E-state index contributed by atoms with van der Waals surface area (Å²) >= 11 is 0. The van der Waals surface area contributed by atoms with Crippen molar-refractivity contribution in [2.45, 2.75) is 6.18 Å². The summed E-state index contributed by atoms with van der Waals surface area (Å²) in [5, 5.41) is 9.12. The molecule has 0 aliphatic carbocycles. The monoisotopic (exact) mass is 213 g/mol. The minimum absolute atomic E-state index is 0.0113. The largest absolute Gasteiger partial charge is 0.508 e. The summed E-state index contributed by atoms with van der Waals surface area (Å²) in [6.45, 7) is 0. The SMILES string of the molecule is Oc1cc(C(F)(F)F)c2cccnc2c1. The maximum absolute atomic E-state index is 12.6. The van der Waals surface area contributed by atoms with Crippen LogP contribution in [0.4, 0.5) is 13.2 Å². The van der Waals surface area contributed by atoms with Crippen LogP contribution >= 0.6 is 0 Å². The third kappa shape index (κ3) is 1.72. The number of hydrogen-bond acceptors (Lipinski definition) is 2. The number of hydrogen-bond donors (Lipinski definition) is 1. The summed E-state index contributed by atoms with van der Waals surface area (Å²) in [6.07, 6.45) is -3.11. The van der Waals surface area contributed by atoms with Crippen molar-refractivity contribution in [2.24, 2.45) is 0 Å². The fourth-order valence-electron chi connectivity index (χ4n) is 1.40. The van der Waals surface area contributed by atoms with Gasteiger partial charge in [0.1, 0.15) is 5.75 Å². The van der Waals surface area contributed by atoms with E-state index in [4.69, 9.17) is 5.11 Å². The molecule has 0 unspecified atom stereocenters. The number of aromatic hydroxyl groups is 1. The van der Waals surface area contributed by atoms with Crippen LogP contribution in [0, 0.1) is 0 Å². The number of aromatic nitrogens is 1. The number of fused-ring (bicyclic) bond motifs is 1. The first-order valence-electron chi connectivity index (χ1n) is 4.13. The van der Waals surface area contributed by atoms with Gasteiger partial charge in [0, 0.05) is 17.6 Å². The molecular formula is C10H6F3NO. The van der Waals surface area contributed by atoms with E-state index >= 15 is 0 Å². The number of phenols is 1. The van der Waals surface area contributed by atoms with Gasteiger partial charge in [0.2, 0.25) is 0 Å². The number of phenolic OH excluding ortho intramolecular Hbond substituents is 1. The molecule has 0 aliphatic heterocycles. The van der Waals surface area contributed by atoms with Crippen LogP contribution in [0.15, 0.2) is 30.5 Å². The summed E-state index contributed by atoms with van der Waals surface area (Å²) in [5.41, 5.74) is -0.740. The van der Waals surface area contributed by atoms with Crippen LogP contribution in [0.1, 0.15) is 5.56 Å². The highest BCUT2D eigenvalue weighted by Crippen LogP contribution is 2.36. The fraction of sp³-hybridized carbons (Fsp3) is 0.100. The Bertz CT molecular complexity index is 507. The lowest BCUT2D eigenvalue weighted by molar-refractivity contribution is -0.136. The molecule has 1 N–H and O–H groups in total. The van der Waals surface area contributed by atoms with Crippen LogP contribution in [0.3, 0.4) is 0 Å². The molecule has 0 saturated carbocycles. The van der Waals surface area contributed by atoms with E-state index in [0.717, 1.165) is 0 Å². The predicted octanol–water partition coefficient (Wildman–Crippen LogP) is 2.96. The van der Waals surface area contributed by atoms with E-state index < -0.39 is 17.5 Å². The molecule has 0 radical (unpaired) electrons. The van der Waals surface area contributed by atoms with Crippen molar-refractivity contribution >= 4 is 10.9 Å². The molecule has 1 heterocycles. The molecule has 1 aromatic carbocycles. The summed E-state index contributed by atoms with van der Waals surface area (Å²) < 4.78 is 37.7. The number of rotatable bonds is 0. The van der Waals surface area contributed by atoms with Crippen molar-refractivity contribution in [3.63, 3.8) is 0 Å². The summed E-state index contributed by atoms with van der Waals surface area (Å²) in [7, 11) is 0. The van der Waals surface area contributed by atoms with Gasteiger partial charge in [0.25, 0.3) is 0 Å². The summed E-state index contributed by atoms with van der Waals surface area (Å²) in [4.78, 5) is 3.76. The van der Waals surface area contributed by atoms with Gasteiger partial charge in [-0.2, -0.15) is 13.2 Å². The average Bonchev–Trinajstić information content (AvgIpc) is 2.15. The van der Waals surface area contributed by atoms with Gasteiger partial charge in [-0.1, -0.05) is 6.07 Å². The molecule has 0 aliphatic rings. The van der Waals surface area contributed by atoms with Crippen molar-refractivity contribution in [3.05, 3.63) is 36.0 Å². The zero-order valence-corrected chi connectivity index (χ0v) is 7.42. The van der Waals surface area contributed by atoms with E-state index in [0.29, 0.717) is 6.07 Å². The second-order valence-electron chi connectivity index (χ2n) is 3.06. The average molecular weight is 213 g/mol. The van der Waals surface area contributed by atoms with E-state index in [1.165, 1.54) is 24.4 Å². The van der Waals surface area contributed by atoms with Crippen LogP contribution < -0.4 is 0 Å². The van der Waals surface area contributed by atoms with Crippen molar-refractivity contribution in [2.75, 3.05) is 0 Å². The third-order valence-corrected chi connectivity index (χ3v) is 2.01. The first-order chi connectivity index (χ1) is 6.98. The Labute approximate surface area is 83.0 Å². The number of halogens is 3. The number of pyridine rings is 1. The normalized spacial score (nSPS) is 11.9. The van der Waals surface area contributed by atoms with Crippen molar-refractivity contribution in [1.29, 1.82) is 0 Å². The Balaban J connectivity index is 2.83. The topological polar surface area (TPSA) is 33.1 Å². The van der Waals surface area contributed by atoms with Crippen LogP contribution in [0.5, 0.6) is 5.75 Å². The molecule has 5 heteroatoms. The Kier molecular flexibility index (Phi) is 2.03. The molecule has 2 aromatic rings. The zero-order chi connectivity index (χ0) is 11.1. The minimum Gasteiger partial charge on any atom is -0.508 e. The van der Waals surface area contributed by atoms with Gasteiger partial charge in [-0.25, -0.2) is 0 Å². The third-order valence-electron chi connectivity index (χ3n) is 2.01. The van der Waals surface area contributed by atoms with Crippen LogP contribution in [-0.4, -0.2) is 10.1 Å². The van der Waals surface area contributed by atoms with Gasteiger partial charge in [0.05, 0.1) is 11.1 Å². The van der Waals surface area contributed by atoms with E-state index in [1.54, 1.807) is 0 Å². The lowest BCUT2D eigenvalue weighted by atomic mass is 10.1.